The van der Waals surface area contributed by atoms with Crippen LogP contribution in [-0.2, 0) is 14.6 Å². The van der Waals surface area contributed by atoms with Gasteiger partial charge in [-0.3, -0.25) is 4.79 Å². The van der Waals surface area contributed by atoms with Gasteiger partial charge in [0.15, 0.2) is 9.84 Å². The minimum Gasteiger partial charge on any atom is -0.396 e. The van der Waals surface area contributed by atoms with E-state index >= 15 is 0 Å². The Morgan fingerprint density at radius 1 is 1.16 bits per heavy atom. The number of aliphatic hydroxyl groups excluding tert-OH is 1. The first-order valence-electron chi connectivity index (χ1n) is 6.17. The van der Waals surface area contributed by atoms with E-state index in [2.05, 4.69) is 5.32 Å². The number of nitrogens with one attached hydrogen (secondary N) is 1. The van der Waals surface area contributed by atoms with Crippen LogP contribution in [0.5, 0.6) is 0 Å². The Hall–Kier alpha value is -1.40. The molecule has 0 aliphatic carbocycles. The van der Waals surface area contributed by atoms with Crippen molar-refractivity contribution < 1.29 is 18.3 Å². The molecule has 0 radical (unpaired) electrons. The van der Waals surface area contributed by atoms with Crippen LogP contribution in [0.15, 0.2) is 29.2 Å². The molecule has 0 bridgehead atoms. The standard InChI is InChI=1S/C13H19NO4S/c1-11(16)14-12-5-7-13(8-6-12)19(17,18)10-4-2-3-9-15/h5-8,15H,2-4,9-10H2,1H3,(H,14,16). The lowest BCUT2D eigenvalue weighted by Gasteiger charge is -2.06. The fourth-order valence-corrected chi connectivity index (χ4v) is 3.02. The highest BCUT2D eigenvalue weighted by molar-refractivity contribution is 7.91. The van der Waals surface area contributed by atoms with Crippen molar-refractivity contribution in [2.24, 2.45) is 0 Å². The van der Waals surface area contributed by atoms with Gasteiger partial charge in [0, 0.05) is 19.2 Å². The largest absolute Gasteiger partial charge is 0.396 e. The lowest BCUT2D eigenvalue weighted by Crippen LogP contribution is -2.08. The summed E-state index contributed by atoms with van der Waals surface area (Å²) in [7, 11) is -3.28. The van der Waals surface area contributed by atoms with Gasteiger partial charge in [-0.05, 0) is 37.1 Å². The Morgan fingerprint density at radius 3 is 2.32 bits per heavy atom. The highest BCUT2D eigenvalue weighted by Crippen LogP contribution is 2.16. The number of carbonyl (C=O) groups excluding carboxylic acids is 1. The van der Waals surface area contributed by atoms with Crippen molar-refractivity contribution in [1.82, 2.24) is 0 Å². The quantitative estimate of drug-likeness (QED) is 0.745. The molecule has 1 aromatic carbocycles. The van der Waals surface area contributed by atoms with Gasteiger partial charge in [-0.25, -0.2) is 8.42 Å². The van der Waals surface area contributed by atoms with Crippen LogP contribution in [0.3, 0.4) is 0 Å². The number of rotatable bonds is 7. The van der Waals surface area contributed by atoms with E-state index in [-0.39, 0.29) is 23.2 Å². The summed E-state index contributed by atoms with van der Waals surface area (Å²) in [4.78, 5) is 11.1. The summed E-state index contributed by atoms with van der Waals surface area (Å²) >= 11 is 0. The minimum atomic E-state index is -3.28. The van der Waals surface area contributed by atoms with Crippen molar-refractivity contribution in [3.63, 3.8) is 0 Å². The predicted octanol–water partition coefficient (Wildman–Crippen LogP) is 1.58. The molecule has 1 aromatic rings. The van der Waals surface area contributed by atoms with Gasteiger partial charge in [-0.2, -0.15) is 0 Å². The maximum atomic E-state index is 12.0. The van der Waals surface area contributed by atoms with Gasteiger partial charge in [0.25, 0.3) is 0 Å². The summed E-state index contributed by atoms with van der Waals surface area (Å²) in [6.07, 6.45) is 1.85. The summed E-state index contributed by atoms with van der Waals surface area (Å²) in [5.41, 5.74) is 0.576. The second-order valence-electron chi connectivity index (χ2n) is 4.31. The number of amides is 1. The SMILES string of the molecule is CC(=O)Nc1ccc(S(=O)(=O)CCCCCO)cc1. The molecular weight excluding hydrogens is 266 g/mol. The predicted molar refractivity (Wildman–Crippen MR) is 73.7 cm³/mol. The zero-order valence-electron chi connectivity index (χ0n) is 10.9. The molecule has 0 atom stereocenters. The summed E-state index contributed by atoms with van der Waals surface area (Å²) < 4.78 is 24.0. The van der Waals surface area contributed by atoms with Crippen LogP contribution in [0.25, 0.3) is 0 Å². The second kappa shape index (κ2) is 7.25. The molecule has 0 aliphatic heterocycles. The summed E-state index contributed by atoms with van der Waals surface area (Å²) in [5, 5.41) is 11.2. The molecule has 6 heteroatoms. The lowest BCUT2D eigenvalue weighted by atomic mass is 10.3. The maximum absolute atomic E-state index is 12.0. The molecule has 0 saturated heterocycles. The fraction of sp³-hybridized carbons (Fsp3) is 0.462. The van der Waals surface area contributed by atoms with E-state index in [1.165, 1.54) is 19.1 Å². The highest BCUT2D eigenvalue weighted by Gasteiger charge is 2.13. The van der Waals surface area contributed by atoms with Crippen LogP contribution in [0.4, 0.5) is 5.69 Å². The molecule has 0 unspecified atom stereocenters. The third-order valence-corrected chi connectivity index (χ3v) is 4.42. The van der Waals surface area contributed by atoms with Gasteiger partial charge in [0.05, 0.1) is 10.6 Å². The van der Waals surface area contributed by atoms with Gasteiger partial charge < -0.3 is 10.4 Å². The Labute approximate surface area is 113 Å². The molecule has 0 aromatic heterocycles. The first-order valence-corrected chi connectivity index (χ1v) is 7.82. The van der Waals surface area contributed by atoms with Crippen molar-refractivity contribution in [1.29, 1.82) is 0 Å². The van der Waals surface area contributed by atoms with E-state index in [9.17, 15) is 13.2 Å². The third kappa shape index (κ3) is 5.40. The van der Waals surface area contributed by atoms with E-state index in [0.29, 0.717) is 24.9 Å². The summed E-state index contributed by atoms with van der Waals surface area (Å²) in [6.45, 7) is 1.48. The molecule has 5 nitrogen and oxygen atoms in total. The van der Waals surface area contributed by atoms with Crippen molar-refractivity contribution >= 4 is 21.4 Å². The average Bonchev–Trinajstić information content (AvgIpc) is 2.35. The zero-order valence-corrected chi connectivity index (χ0v) is 11.7. The van der Waals surface area contributed by atoms with Crippen LogP contribution in [0.1, 0.15) is 26.2 Å². The van der Waals surface area contributed by atoms with E-state index in [4.69, 9.17) is 5.11 Å². The van der Waals surface area contributed by atoms with Crippen LogP contribution in [0, 0.1) is 0 Å². The second-order valence-corrected chi connectivity index (χ2v) is 6.42. The fourth-order valence-electron chi connectivity index (χ4n) is 1.65. The first-order chi connectivity index (χ1) is 8.95. The molecule has 0 aliphatic rings. The number of sulfone groups is 1. The Balaban J connectivity index is 2.65. The van der Waals surface area contributed by atoms with E-state index < -0.39 is 9.84 Å². The number of hydrogen-bond donors (Lipinski definition) is 2. The van der Waals surface area contributed by atoms with Crippen molar-refractivity contribution in [2.45, 2.75) is 31.1 Å². The molecule has 1 amide bonds. The molecule has 0 saturated carbocycles. The molecule has 106 valence electrons. The van der Waals surface area contributed by atoms with Crippen LogP contribution < -0.4 is 5.32 Å². The number of aliphatic hydroxyl groups is 1. The van der Waals surface area contributed by atoms with Crippen LogP contribution >= 0.6 is 0 Å². The number of unbranched alkanes of at least 4 members (excludes halogenated alkanes) is 2. The van der Waals surface area contributed by atoms with Crippen molar-refractivity contribution in [3.05, 3.63) is 24.3 Å². The van der Waals surface area contributed by atoms with Crippen molar-refractivity contribution in [3.8, 4) is 0 Å². The normalized spacial score (nSPS) is 11.3. The Bertz CT molecular complexity index is 508. The molecule has 0 spiro atoms. The highest BCUT2D eigenvalue weighted by atomic mass is 32.2. The Kier molecular flexibility index (Phi) is 5.98. The van der Waals surface area contributed by atoms with Gasteiger partial charge in [-0.1, -0.05) is 6.42 Å². The lowest BCUT2D eigenvalue weighted by molar-refractivity contribution is -0.114. The summed E-state index contributed by atoms with van der Waals surface area (Å²) in [6, 6.07) is 6.13. The molecule has 0 fully saturated rings. The minimum absolute atomic E-state index is 0.0759. The summed E-state index contributed by atoms with van der Waals surface area (Å²) in [5.74, 6) is -0.119. The smallest absolute Gasteiger partial charge is 0.221 e. The third-order valence-electron chi connectivity index (χ3n) is 2.60. The number of hydrogen-bond acceptors (Lipinski definition) is 4. The maximum Gasteiger partial charge on any atom is 0.221 e. The van der Waals surface area contributed by atoms with E-state index in [1.807, 2.05) is 0 Å². The number of carbonyl (C=O) groups is 1. The van der Waals surface area contributed by atoms with Crippen LogP contribution in [-0.4, -0.2) is 31.8 Å². The average molecular weight is 285 g/mol. The van der Waals surface area contributed by atoms with Crippen molar-refractivity contribution in [2.75, 3.05) is 17.7 Å². The number of benzene rings is 1. The molecule has 2 N–H and O–H groups in total. The van der Waals surface area contributed by atoms with E-state index in [0.717, 1.165) is 0 Å². The monoisotopic (exact) mass is 285 g/mol. The van der Waals surface area contributed by atoms with Crippen LogP contribution in [0.2, 0.25) is 0 Å². The molecule has 0 heterocycles. The van der Waals surface area contributed by atoms with Gasteiger partial charge in [0.2, 0.25) is 5.91 Å². The van der Waals surface area contributed by atoms with E-state index in [1.54, 1.807) is 12.1 Å². The molecule has 1 rings (SSSR count). The molecular formula is C13H19NO4S. The topological polar surface area (TPSA) is 83.5 Å². The first kappa shape index (κ1) is 15.7. The number of anilines is 1. The van der Waals surface area contributed by atoms with Gasteiger partial charge >= 0.3 is 0 Å². The Morgan fingerprint density at radius 2 is 1.79 bits per heavy atom. The zero-order chi connectivity index (χ0) is 14.3. The molecule has 19 heavy (non-hydrogen) atoms. The van der Waals surface area contributed by atoms with Gasteiger partial charge in [0.1, 0.15) is 0 Å². The van der Waals surface area contributed by atoms with Gasteiger partial charge in [-0.15, -0.1) is 0 Å².